The van der Waals surface area contributed by atoms with Crippen LogP contribution in [-0.2, 0) is 16.0 Å². The van der Waals surface area contributed by atoms with Crippen LogP contribution in [0.25, 0.3) is 0 Å². The zero-order valence-electron chi connectivity index (χ0n) is 10.2. The zero-order valence-corrected chi connectivity index (χ0v) is 11.7. The van der Waals surface area contributed by atoms with Crippen molar-refractivity contribution < 1.29 is 14.2 Å². The van der Waals surface area contributed by atoms with Crippen molar-refractivity contribution in [1.82, 2.24) is 5.32 Å². The van der Waals surface area contributed by atoms with Gasteiger partial charge in [-0.15, -0.1) is 0 Å². The largest absolute Gasteiger partial charge is 0.466 e. The molecule has 0 unspecified atom stereocenters. The summed E-state index contributed by atoms with van der Waals surface area (Å²) in [4.78, 5) is 0. The maximum Gasteiger partial charge on any atom is 0.188 e. The molecule has 0 bridgehead atoms. The number of hydrogen-bond acceptors (Lipinski definition) is 4. The number of nitrogens with one attached hydrogen (secondary N) is 1. The van der Waals surface area contributed by atoms with Gasteiger partial charge >= 0.3 is 0 Å². The lowest BCUT2D eigenvalue weighted by Crippen LogP contribution is -2.18. The second-order valence-electron chi connectivity index (χ2n) is 3.49. The maximum absolute atomic E-state index is 5.37. The van der Waals surface area contributed by atoms with E-state index in [1.807, 2.05) is 18.2 Å². The summed E-state index contributed by atoms with van der Waals surface area (Å²) in [5.41, 5.74) is 1.19. The van der Waals surface area contributed by atoms with Gasteiger partial charge < -0.3 is 19.5 Å². The third-order valence-electron chi connectivity index (χ3n) is 2.14. The molecule has 0 aliphatic carbocycles. The average Bonchev–Trinajstić information content (AvgIpc) is 2.34. The van der Waals surface area contributed by atoms with Gasteiger partial charge in [-0.1, -0.05) is 6.07 Å². The van der Waals surface area contributed by atoms with E-state index in [1.165, 1.54) is 5.56 Å². The number of halogens is 1. The molecule has 0 spiro atoms. The van der Waals surface area contributed by atoms with Gasteiger partial charge in [0.05, 0.1) is 11.1 Å². The van der Waals surface area contributed by atoms with Gasteiger partial charge in [-0.3, -0.25) is 0 Å². The highest BCUT2D eigenvalue weighted by Gasteiger charge is 2.02. The van der Waals surface area contributed by atoms with Gasteiger partial charge in [0.2, 0.25) is 0 Å². The van der Waals surface area contributed by atoms with Crippen LogP contribution >= 0.6 is 15.9 Å². The lowest BCUT2D eigenvalue weighted by Gasteiger charge is -2.09. The fourth-order valence-corrected chi connectivity index (χ4v) is 1.84. The van der Waals surface area contributed by atoms with Crippen molar-refractivity contribution in [3.8, 4) is 5.75 Å². The van der Waals surface area contributed by atoms with E-state index in [-0.39, 0.29) is 6.79 Å². The summed E-state index contributed by atoms with van der Waals surface area (Å²) in [6.45, 7) is 2.63. The molecule has 5 heteroatoms. The van der Waals surface area contributed by atoms with Gasteiger partial charge in [0.1, 0.15) is 5.75 Å². The Bertz CT molecular complexity index is 334. The fourth-order valence-electron chi connectivity index (χ4n) is 1.30. The third kappa shape index (κ3) is 5.50. The maximum atomic E-state index is 5.37. The summed E-state index contributed by atoms with van der Waals surface area (Å²) in [5, 5.41) is 3.28. The molecule has 0 heterocycles. The Morgan fingerprint density at radius 3 is 2.71 bits per heavy atom. The van der Waals surface area contributed by atoms with Crippen LogP contribution in [0.5, 0.6) is 5.75 Å². The molecule has 1 rings (SSSR count). The van der Waals surface area contributed by atoms with Gasteiger partial charge in [-0.2, -0.15) is 0 Å². The van der Waals surface area contributed by atoms with Crippen LogP contribution in [0.15, 0.2) is 22.7 Å². The van der Waals surface area contributed by atoms with Gasteiger partial charge in [0.15, 0.2) is 6.79 Å². The Labute approximate surface area is 110 Å². The molecule has 0 radical (unpaired) electrons. The molecule has 0 aliphatic rings. The summed E-state index contributed by atoms with van der Waals surface area (Å²) in [6, 6.07) is 5.98. The minimum atomic E-state index is 0.254. The number of rotatable bonds is 8. The molecule has 0 amide bonds. The van der Waals surface area contributed by atoms with E-state index in [1.54, 1.807) is 14.2 Å². The third-order valence-corrected chi connectivity index (χ3v) is 2.76. The van der Waals surface area contributed by atoms with Crippen LogP contribution < -0.4 is 10.1 Å². The zero-order chi connectivity index (χ0) is 12.5. The van der Waals surface area contributed by atoms with Crippen LogP contribution in [0.3, 0.4) is 0 Å². The highest BCUT2D eigenvalue weighted by atomic mass is 79.9. The summed E-state index contributed by atoms with van der Waals surface area (Å²) in [6.07, 6.45) is 0. The number of hydrogen-bond donors (Lipinski definition) is 1. The molecular formula is C12H18BrNO3. The molecule has 1 aromatic carbocycles. The first kappa shape index (κ1) is 14.4. The Kier molecular flexibility index (Phi) is 7.19. The molecule has 0 aliphatic heterocycles. The van der Waals surface area contributed by atoms with Crippen LogP contribution in [0, 0.1) is 0 Å². The molecule has 1 N–H and O–H groups in total. The van der Waals surface area contributed by atoms with Gasteiger partial charge in [-0.25, -0.2) is 0 Å². The normalized spacial score (nSPS) is 10.5. The Balaban J connectivity index is 2.44. The van der Waals surface area contributed by atoms with E-state index in [0.29, 0.717) is 0 Å². The second-order valence-corrected chi connectivity index (χ2v) is 4.34. The van der Waals surface area contributed by atoms with Crippen molar-refractivity contribution in [3.63, 3.8) is 0 Å². The van der Waals surface area contributed by atoms with Crippen molar-refractivity contribution in [3.05, 3.63) is 28.2 Å². The Hall–Kier alpha value is -0.620. The van der Waals surface area contributed by atoms with Crippen molar-refractivity contribution in [2.75, 3.05) is 34.2 Å². The second kappa shape index (κ2) is 8.47. The summed E-state index contributed by atoms with van der Waals surface area (Å²) in [7, 11) is 3.29. The van der Waals surface area contributed by atoms with E-state index in [9.17, 15) is 0 Å². The van der Waals surface area contributed by atoms with Gasteiger partial charge in [0.25, 0.3) is 0 Å². The first-order valence-electron chi connectivity index (χ1n) is 5.37. The van der Waals surface area contributed by atoms with Gasteiger partial charge in [0, 0.05) is 27.3 Å². The fraction of sp³-hybridized carbons (Fsp3) is 0.500. The first-order chi connectivity index (χ1) is 8.27. The monoisotopic (exact) mass is 303 g/mol. The minimum Gasteiger partial charge on any atom is -0.466 e. The molecule has 96 valence electrons. The summed E-state index contributed by atoms with van der Waals surface area (Å²) < 4.78 is 16.1. The van der Waals surface area contributed by atoms with Crippen LogP contribution in [0.2, 0.25) is 0 Å². The van der Waals surface area contributed by atoms with E-state index < -0.39 is 0 Å². The quantitative estimate of drug-likeness (QED) is 0.590. The molecule has 0 saturated heterocycles. The molecular weight excluding hydrogens is 286 g/mol. The van der Waals surface area contributed by atoms with E-state index in [4.69, 9.17) is 14.2 Å². The van der Waals surface area contributed by atoms with Crippen molar-refractivity contribution in [2.24, 2.45) is 0 Å². The minimum absolute atomic E-state index is 0.254. The number of benzene rings is 1. The van der Waals surface area contributed by atoms with E-state index >= 15 is 0 Å². The van der Waals surface area contributed by atoms with Crippen molar-refractivity contribution in [1.29, 1.82) is 0 Å². The molecule has 4 nitrogen and oxygen atoms in total. The highest BCUT2D eigenvalue weighted by Crippen LogP contribution is 2.25. The SMILES string of the molecule is COCCNCc1ccc(OCOC)c(Br)c1. The molecule has 0 atom stereocenters. The standard InChI is InChI=1S/C12H18BrNO3/c1-15-6-5-14-8-10-3-4-12(11(13)7-10)17-9-16-2/h3-4,7,14H,5-6,8-9H2,1-2H3. The predicted molar refractivity (Wildman–Crippen MR) is 70.2 cm³/mol. The smallest absolute Gasteiger partial charge is 0.188 e. The Morgan fingerprint density at radius 2 is 2.06 bits per heavy atom. The molecule has 0 fully saturated rings. The van der Waals surface area contributed by atoms with Crippen molar-refractivity contribution in [2.45, 2.75) is 6.54 Å². The molecule has 0 saturated carbocycles. The average molecular weight is 304 g/mol. The highest BCUT2D eigenvalue weighted by molar-refractivity contribution is 9.10. The molecule has 1 aromatic rings. The van der Waals surface area contributed by atoms with Crippen LogP contribution in [0.1, 0.15) is 5.56 Å². The van der Waals surface area contributed by atoms with Crippen LogP contribution in [-0.4, -0.2) is 34.2 Å². The van der Waals surface area contributed by atoms with E-state index in [2.05, 4.69) is 21.2 Å². The topological polar surface area (TPSA) is 39.7 Å². The van der Waals surface area contributed by atoms with Crippen LogP contribution in [0.4, 0.5) is 0 Å². The number of methoxy groups -OCH3 is 2. The van der Waals surface area contributed by atoms with Crippen molar-refractivity contribution >= 4 is 15.9 Å². The lowest BCUT2D eigenvalue weighted by molar-refractivity contribution is 0.0506. The first-order valence-corrected chi connectivity index (χ1v) is 6.17. The summed E-state index contributed by atoms with van der Waals surface area (Å²) in [5.74, 6) is 0.785. The number of ether oxygens (including phenoxy) is 3. The predicted octanol–water partition coefficient (Wildman–Crippen LogP) is 2.17. The lowest BCUT2D eigenvalue weighted by atomic mass is 10.2. The van der Waals surface area contributed by atoms with E-state index in [0.717, 1.165) is 29.9 Å². The molecule has 17 heavy (non-hydrogen) atoms. The Morgan fingerprint density at radius 1 is 1.24 bits per heavy atom. The molecule has 0 aromatic heterocycles. The summed E-state index contributed by atoms with van der Waals surface area (Å²) >= 11 is 3.47. The van der Waals surface area contributed by atoms with Gasteiger partial charge in [-0.05, 0) is 33.6 Å².